The van der Waals surface area contributed by atoms with Gasteiger partial charge in [0.2, 0.25) is 11.8 Å². The summed E-state index contributed by atoms with van der Waals surface area (Å²) < 4.78 is 10.9. The molecule has 0 radical (unpaired) electrons. The molecule has 92 valence electrons. The van der Waals surface area contributed by atoms with Crippen molar-refractivity contribution in [3.05, 3.63) is 0 Å². The number of rotatable bonds is 2. The Hall–Kier alpha value is -1.14. The van der Waals surface area contributed by atoms with E-state index in [1.807, 2.05) is 20.8 Å². The maximum absolute atomic E-state index is 11.1. The van der Waals surface area contributed by atoms with Crippen LogP contribution >= 0.6 is 0 Å². The zero-order chi connectivity index (χ0) is 12.7. The second kappa shape index (κ2) is 3.71. The third-order valence-corrected chi connectivity index (χ3v) is 2.90. The third-order valence-electron chi connectivity index (χ3n) is 2.90. The quantitative estimate of drug-likeness (QED) is 0.667. The summed E-state index contributed by atoms with van der Waals surface area (Å²) in [5, 5.41) is 0. The Morgan fingerprint density at radius 2 is 1.38 bits per heavy atom. The molecule has 6 heteroatoms. The van der Waals surface area contributed by atoms with Crippen molar-refractivity contribution in [2.45, 2.75) is 45.7 Å². The Labute approximate surface area is 94.2 Å². The van der Waals surface area contributed by atoms with Gasteiger partial charge in [0.25, 0.3) is 0 Å². The van der Waals surface area contributed by atoms with Crippen molar-refractivity contribution in [1.82, 2.24) is 0 Å². The number of ether oxygens (including phenoxy) is 2. The molecular formula is C10H18N2O4. The van der Waals surface area contributed by atoms with E-state index in [0.29, 0.717) is 0 Å². The standard InChI is InChI=1S/C10H18N2O4/c1-9(2,3)10(4)15-5(7(11)13)6(16-10)8(12)14/h5-6H,1-4H3,(H2,11,13)(H2,12,14)/t5-,6+,10?. The first-order valence-corrected chi connectivity index (χ1v) is 5.03. The number of carbonyl (C=O) groups is 2. The van der Waals surface area contributed by atoms with E-state index in [1.54, 1.807) is 6.92 Å². The molecule has 0 aromatic rings. The van der Waals surface area contributed by atoms with E-state index in [4.69, 9.17) is 20.9 Å². The van der Waals surface area contributed by atoms with Crippen LogP contribution in [0.5, 0.6) is 0 Å². The molecule has 0 aliphatic carbocycles. The van der Waals surface area contributed by atoms with Crippen LogP contribution in [0, 0.1) is 5.41 Å². The Bertz CT molecular complexity index is 299. The molecule has 1 fully saturated rings. The number of amides is 2. The lowest BCUT2D eigenvalue weighted by molar-refractivity contribution is -0.222. The summed E-state index contributed by atoms with van der Waals surface area (Å²) >= 11 is 0. The molecule has 1 aliphatic rings. The topological polar surface area (TPSA) is 105 Å². The smallest absolute Gasteiger partial charge is 0.249 e. The van der Waals surface area contributed by atoms with Gasteiger partial charge in [-0.1, -0.05) is 20.8 Å². The molecule has 0 saturated carbocycles. The van der Waals surface area contributed by atoms with Crippen LogP contribution in [-0.4, -0.2) is 29.8 Å². The van der Waals surface area contributed by atoms with Gasteiger partial charge >= 0.3 is 0 Å². The van der Waals surface area contributed by atoms with E-state index in [2.05, 4.69) is 0 Å². The fraction of sp³-hybridized carbons (Fsp3) is 0.800. The van der Waals surface area contributed by atoms with E-state index >= 15 is 0 Å². The monoisotopic (exact) mass is 230 g/mol. The molecule has 0 bridgehead atoms. The molecule has 1 unspecified atom stereocenters. The van der Waals surface area contributed by atoms with Crippen LogP contribution in [0.25, 0.3) is 0 Å². The average Bonchev–Trinajstić information content (AvgIpc) is 2.43. The van der Waals surface area contributed by atoms with E-state index in [-0.39, 0.29) is 0 Å². The lowest BCUT2D eigenvalue weighted by Crippen LogP contribution is -2.44. The minimum absolute atomic E-state index is 0.412. The van der Waals surface area contributed by atoms with Gasteiger partial charge in [0.1, 0.15) is 0 Å². The maximum atomic E-state index is 11.1. The molecule has 3 atom stereocenters. The lowest BCUT2D eigenvalue weighted by atomic mass is 9.87. The predicted octanol–water partition coefficient (Wildman–Crippen LogP) is -0.497. The van der Waals surface area contributed by atoms with Gasteiger partial charge in [-0.05, 0) is 6.92 Å². The summed E-state index contributed by atoms with van der Waals surface area (Å²) in [5.74, 6) is -2.57. The predicted molar refractivity (Wildman–Crippen MR) is 56.0 cm³/mol. The van der Waals surface area contributed by atoms with Crippen LogP contribution in [0.3, 0.4) is 0 Å². The van der Waals surface area contributed by atoms with Crippen LogP contribution in [0.2, 0.25) is 0 Å². The van der Waals surface area contributed by atoms with Crippen molar-refractivity contribution in [3.8, 4) is 0 Å². The number of carbonyl (C=O) groups excluding carboxylic acids is 2. The molecule has 1 rings (SSSR count). The molecule has 16 heavy (non-hydrogen) atoms. The molecule has 0 aromatic heterocycles. The fourth-order valence-corrected chi connectivity index (χ4v) is 1.40. The highest BCUT2D eigenvalue weighted by Crippen LogP contribution is 2.41. The van der Waals surface area contributed by atoms with E-state index in [0.717, 1.165) is 0 Å². The summed E-state index contributed by atoms with van der Waals surface area (Å²) in [6.07, 6.45) is -2.25. The summed E-state index contributed by atoms with van der Waals surface area (Å²) in [4.78, 5) is 22.3. The van der Waals surface area contributed by atoms with Gasteiger partial charge in [-0.15, -0.1) is 0 Å². The Morgan fingerprint density at radius 1 is 1.06 bits per heavy atom. The fourth-order valence-electron chi connectivity index (χ4n) is 1.40. The lowest BCUT2D eigenvalue weighted by Gasteiger charge is -2.36. The van der Waals surface area contributed by atoms with Crippen LogP contribution in [-0.2, 0) is 19.1 Å². The zero-order valence-electron chi connectivity index (χ0n) is 9.94. The van der Waals surface area contributed by atoms with Crippen molar-refractivity contribution in [1.29, 1.82) is 0 Å². The Morgan fingerprint density at radius 3 is 1.56 bits per heavy atom. The summed E-state index contributed by atoms with van der Waals surface area (Å²) in [7, 11) is 0. The molecule has 0 aromatic carbocycles. The first-order valence-electron chi connectivity index (χ1n) is 5.03. The van der Waals surface area contributed by atoms with Crippen molar-refractivity contribution in [3.63, 3.8) is 0 Å². The van der Waals surface area contributed by atoms with Crippen molar-refractivity contribution in [2.24, 2.45) is 16.9 Å². The minimum Gasteiger partial charge on any atom is -0.367 e. The van der Waals surface area contributed by atoms with Crippen LogP contribution in [0.15, 0.2) is 0 Å². The molecule has 2 amide bonds. The zero-order valence-corrected chi connectivity index (χ0v) is 9.94. The first-order chi connectivity index (χ1) is 7.08. The molecule has 0 spiro atoms. The van der Waals surface area contributed by atoms with Crippen LogP contribution in [0.4, 0.5) is 0 Å². The number of nitrogens with two attached hydrogens (primary N) is 2. The summed E-state index contributed by atoms with van der Waals surface area (Å²) in [6, 6.07) is 0. The molecular weight excluding hydrogens is 212 g/mol. The number of hydrogen-bond acceptors (Lipinski definition) is 4. The van der Waals surface area contributed by atoms with Crippen molar-refractivity contribution in [2.75, 3.05) is 0 Å². The van der Waals surface area contributed by atoms with Gasteiger partial charge in [-0.25, -0.2) is 0 Å². The number of primary amides is 2. The third kappa shape index (κ3) is 2.03. The van der Waals surface area contributed by atoms with Crippen LogP contribution in [0.1, 0.15) is 27.7 Å². The highest BCUT2D eigenvalue weighted by atomic mass is 16.8. The first kappa shape index (κ1) is 12.9. The molecule has 4 N–H and O–H groups in total. The van der Waals surface area contributed by atoms with Gasteiger partial charge in [0.05, 0.1) is 0 Å². The second-order valence-electron chi connectivity index (χ2n) is 5.08. The normalized spacial score (nSPS) is 35.0. The average molecular weight is 230 g/mol. The SMILES string of the molecule is CC(C)(C)C1(C)O[C@H](C(N)=O)[C@H](C(N)=O)O1. The van der Waals surface area contributed by atoms with Gasteiger partial charge in [0, 0.05) is 5.41 Å². The van der Waals surface area contributed by atoms with E-state index in [1.165, 1.54) is 0 Å². The van der Waals surface area contributed by atoms with Gasteiger partial charge in [-0.2, -0.15) is 0 Å². The van der Waals surface area contributed by atoms with Gasteiger partial charge < -0.3 is 20.9 Å². The van der Waals surface area contributed by atoms with E-state index < -0.39 is 35.2 Å². The number of hydrogen-bond donors (Lipinski definition) is 2. The molecule has 1 saturated heterocycles. The van der Waals surface area contributed by atoms with Gasteiger partial charge in [0.15, 0.2) is 18.0 Å². The largest absolute Gasteiger partial charge is 0.367 e. The van der Waals surface area contributed by atoms with Gasteiger partial charge in [-0.3, -0.25) is 9.59 Å². The highest BCUT2D eigenvalue weighted by Gasteiger charge is 2.55. The Kier molecular flexibility index (Phi) is 3.00. The minimum atomic E-state index is -1.12. The summed E-state index contributed by atoms with van der Waals surface area (Å²) in [6.45, 7) is 7.27. The highest BCUT2D eigenvalue weighted by molar-refractivity contribution is 5.90. The molecule has 6 nitrogen and oxygen atoms in total. The second-order valence-corrected chi connectivity index (χ2v) is 5.08. The van der Waals surface area contributed by atoms with Crippen LogP contribution < -0.4 is 11.5 Å². The Balaban J connectivity index is 3.01. The summed E-state index contributed by atoms with van der Waals surface area (Å²) in [5.41, 5.74) is 9.87. The molecule has 1 aliphatic heterocycles. The van der Waals surface area contributed by atoms with Crippen molar-refractivity contribution < 1.29 is 19.1 Å². The maximum Gasteiger partial charge on any atom is 0.249 e. The van der Waals surface area contributed by atoms with Crippen molar-refractivity contribution >= 4 is 11.8 Å². The van der Waals surface area contributed by atoms with E-state index in [9.17, 15) is 9.59 Å². The molecule has 1 heterocycles.